The van der Waals surface area contributed by atoms with Crippen LogP contribution in [0.1, 0.15) is 22.8 Å². The molecule has 1 atom stereocenters. The Morgan fingerprint density at radius 1 is 1.19 bits per heavy atom. The molecule has 0 aromatic heterocycles. The van der Waals surface area contributed by atoms with Crippen LogP contribution in [-0.2, 0) is 9.53 Å². The van der Waals surface area contributed by atoms with Crippen LogP contribution in [0, 0.1) is 0 Å². The summed E-state index contributed by atoms with van der Waals surface area (Å²) in [5.41, 5.74) is 0.889. The van der Waals surface area contributed by atoms with Crippen molar-refractivity contribution in [2.75, 3.05) is 7.11 Å². The number of carbonyl (C=O) groups is 2. The second-order valence-corrected chi connectivity index (χ2v) is 6.33. The Morgan fingerprint density at radius 3 is 2.54 bits per heavy atom. The lowest BCUT2D eigenvalue weighted by Gasteiger charge is -2.12. The Balaban J connectivity index is 1.87. The molecule has 0 amide bonds. The van der Waals surface area contributed by atoms with E-state index in [1.165, 1.54) is 13.2 Å². The Bertz CT molecular complexity index is 900. The summed E-state index contributed by atoms with van der Waals surface area (Å²) in [6.07, 6.45) is 0.719. The van der Waals surface area contributed by atoms with Crippen molar-refractivity contribution in [3.8, 4) is 11.5 Å². The van der Waals surface area contributed by atoms with Gasteiger partial charge >= 0.3 is 5.97 Å². The fourth-order valence-corrected chi connectivity index (χ4v) is 2.94. The molecule has 0 fully saturated rings. The van der Waals surface area contributed by atoms with Gasteiger partial charge in [-0.15, -0.1) is 0 Å². The summed E-state index contributed by atoms with van der Waals surface area (Å²) in [7, 11) is 1.28. The third kappa shape index (κ3) is 3.54. The zero-order valence-electron chi connectivity index (χ0n) is 13.9. The number of fused-ring (bicyclic) bond motifs is 1. The molecule has 5 nitrogen and oxygen atoms in total. The van der Waals surface area contributed by atoms with Gasteiger partial charge in [-0.3, -0.25) is 4.79 Å². The lowest BCUT2D eigenvalue weighted by atomic mass is 10.1. The quantitative estimate of drug-likeness (QED) is 0.564. The minimum Gasteiger partial charge on any atom is -0.479 e. The molecule has 134 valence electrons. The first-order chi connectivity index (χ1) is 12.4. The molecular formula is C19H14Cl2O5. The molecule has 0 saturated heterocycles. The first-order valence-electron chi connectivity index (χ1n) is 7.67. The van der Waals surface area contributed by atoms with E-state index in [4.69, 9.17) is 32.7 Å². The van der Waals surface area contributed by atoms with Crippen LogP contribution in [0.5, 0.6) is 11.5 Å². The average Bonchev–Trinajstić information content (AvgIpc) is 2.92. The largest absolute Gasteiger partial charge is 0.479 e. The molecule has 0 N–H and O–H groups in total. The fraction of sp³-hybridized carbons (Fsp3) is 0.158. The maximum Gasteiger partial charge on any atom is 0.346 e. The van der Waals surface area contributed by atoms with E-state index in [1.807, 2.05) is 0 Å². The van der Waals surface area contributed by atoms with Crippen LogP contribution in [-0.4, -0.2) is 25.0 Å². The van der Waals surface area contributed by atoms with Gasteiger partial charge in [-0.2, -0.15) is 0 Å². The first-order valence-corrected chi connectivity index (χ1v) is 8.43. The van der Waals surface area contributed by atoms with Gasteiger partial charge in [0.15, 0.2) is 11.9 Å². The van der Waals surface area contributed by atoms with Crippen LogP contribution in [0.25, 0.3) is 6.08 Å². The highest BCUT2D eigenvalue weighted by Crippen LogP contribution is 2.36. The van der Waals surface area contributed by atoms with Crippen LogP contribution >= 0.6 is 23.2 Å². The minimum atomic E-state index is -0.785. The van der Waals surface area contributed by atoms with Crippen molar-refractivity contribution in [2.24, 2.45) is 0 Å². The van der Waals surface area contributed by atoms with Gasteiger partial charge in [0.05, 0.1) is 12.7 Å². The molecule has 0 bridgehead atoms. The van der Waals surface area contributed by atoms with E-state index in [-0.39, 0.29) is 11.5 Å². The number of rotatable bonds is 4. The van der Waals surface area contributed by atoms with Crippen LogP contribution in [0.4, 0.5) is 0 Å². The molecule has 2 aromatic carbocycles. The summed E-state index contributed by atoms with van der Waals surface area (Å²) in [6, 6.07) is 9.77. The number of ketones is 1. The highest BCUT2D eigenvalue weighted by atomic mass is 35.5. The molecule has 7 heteroatoms. The number of Topliss-reactive ketones (excluding diaryl/α,β-unsaturated/α-hetero) is 1. The number of halogens is 2. The predicted octanol–water partition coefficient (Wildman–Crippen LogP) is 4.55. The summed E-state index contributed by atoms with van der Waals surface area (Å²) >= 11 is 12.3. The second kappa shape index (κ2) is 7.40. The highest BCUT2D eigenvalue weighted by molar-refractivity contribution is 6.37. The summed E-state index contributed by atoms with van der Waals surface area (Å²) in [5.74, 6) is 0.0265. The predicted molar refractivity (Wildman–Crippen MR) is 97.9 cm³/mol. The van der Waals surface area contributed by atoms with E-state index in [2.05, 4.69) is 4.74 Å². The van der Waals surface area contributed by atoms with Gasteiger partial charge in [0, 0.05) is 21.7 Å². The van der Waals surface area contributed by atoms with Gasteiger partial charge in [-0.05, 0) is 37.3 Å². The number of carbonyl (C=O) groups excluding carboxylic acids is 2. The normalized spacial score (nSPS) is 15.4. The molecule has 3 rings (SSSR count). The van der Waals surface area contributed by atoms with E-state index in [1.54, 1.807) is 43.3 Å². The molecule has 0 aliphatic carbocycles. The number of methoxy groups -OCH3 is 1. The average molecular weight is 393 g/mol. The van der Waals surface area contributed by atoms with Crippen molar-refractivity contribution in [1.82, 2.24) is 0 Å². The smallest absolute Gasteiger partial charge is 0.346 e. The third-order valence-electron chi connectivity index (χ3n) is 3.76. The molecule has 1 aliphatic rings. The Morgan fingerprint density at radius 2 is 1.88 bits per heavy atom. The van der Waals surface area contributed by atoms with E-state index in [0.29, 0.717) is 32.7 Å². The molecule has 1 aliphatic heterocycles. The molecular weight excluding hydrogens is 379 g/mol. The number of esters is 1. The molecule has 1 heterocycles. The van der Waals surface area contributed by atoms with Gasteiger partial charge in [0.2, 0.25) is 5.78 Å². The van der Waals surface area contributed by atoms with Crippen molar-refractivity contribution in [2.45, 2.75) is 13.0 Å². The van der Waals surface area contributed by atoms with Crippen molar-refractivity contribution in [3.05, 3.63) is 63.3 Å². The van der Waals surface area contributed by atoms with Crippen LogP contribution in [0.2, 0.25) is 10.0 Å². The zero-order valence-corrected chi connectivity index (χ0v) is 15.4. The Labute approximate surface area is 160 Å². The number of hydrogen-bond donors (Lipinski definition) is 0. The highest BCUT2D eigenvalue weighted by Gasteiger charge is 2.28. The SMILES string of the molecule is COC(=O)[C@@H](C)Oc1ccc2c(c1)O/C(=C\c1c(Cl)cccc1Cl)C2=O. The van der Waals surface area contributed by atoms with Crippen LogP contribution < -0.4 is 9.47 Å². The van der Waals surface area contributed by atoms with Crippen molar-refractivity contribution >= 4 is 41.0 Å². The van der Waals surface area contributed by atoms with Crippen LogP contribution in [0.3, 0.4) is 0 Å². The van der Waals surface area contributed by atoms with Gasteiger partial charge in [0.25, 0.3) is 0 Å². The second-order valence-electron chi connectivity index (χ2n) is 5.52. The lowest BCUT2D eigenvalue weighted by Crippen LogP contribution is -2.24. The van der Waals surface area contributed by atoms with Gasteiger partial charge in [-0.25, -0.2) is 4.79 Å². The molecule has 2 aromatic rings. The third-order valence-corrected chi connectivity index (χ3v) is 4.42. The maximum atomic E-state index is 12.5. The molecule has 0 spiro atoms. The number of benzene rings is 2. The van der Waals surface area contributed by atoms with Crippen LogP contribution in [0.15, 0.2) is 42.2 Å². The van der Waals surface area contributed by atoms with E-state index < -0.39 is 12.1 Å². The van der Waals surface area contributed by atoms with E-state index in [9.17, 15) is 9.59 Å². The number of ether oxygens (including phenoxy) is 3. The fourth-order valence-electron chi connectivity index (χ4n) is 2.44. The Kier molecular flexibility index (Phi) is 5.20. The first kappa shape index (κ1) is 18.3. The summed E-state index contributed by atoms with van der Waals surface area (Å²) in [4.78, 5) is 24.0. The zero-order chi connectivity index (χ0) is 18.8. The molecule has 0 radical (unpaired) electrons. The lowest BCUT2D eigenvalue weighted by molar-refractivity contribution is -0.147. The summed E-state index contributed by atoms with van der Waals surface area (Å²) in [5, 5.41) is 0.821. The summed E-state index contributed by atoms with van der Waals surface area (Å²) < 4.78 is 15.7. The Hall–Kier alpha value is -2.50. The van der Waals surface area contributed by atoms with Crippen molar-refractivity contribution in [1.29, 1.82) is 0 Å². The van der Waals surface area contributed by atoms with Crippen molar-refractivity contribution < 1.29 is 23.8 Å². The minimum absolute atomic E-state index is 0.105. The standard InChI is InChI=1S/C19H14Cl2O5/c1-10(19(23)24-2)25-11-6-7-12-16(8-11)26-17(18(12)22)9-13-14(20)4-3-5-15(13)21/h3-10H,1-2H3/b17-9-/t10-/m1/s1. The molecule has 26 heavy (non-hydrogen) atoms. The van der Waals surface area contributed by atoms with E-state index >= 15 is 0 Å². The van der Waals surface area contributed by atoms with Crippen molar-refractivity contribution in [3.63, 3.8) is 0 Å². The maximum absolute atomic E-state index is 12.5. The van der Waals surface area contributed by atoms with E-state index in [0.717, 1.165) is 0 Å². The number of allylic oxidation sites excluding steroid dienone is 1. The summed E-state index contributed by atoms with van der Waals surface area (Å²) in [6.45, 7) is 1.57. The topological polar surface area (TPSA) is 61.8 Å². The molecule has 0 saturated carbocycles. The monoisotopic (exact) mass is 392 g/mol. The number of hydrogen-bond acceptors (Lipinski definition) is 5. The van der Waals surface area contributed by atoms with Gasteiger partial charge in [0.1, 0.15) is 11.5 Å². The molecule has 0 unspecified atom stereocenters. The van der Waals surface area contributed by atoms with Gasteiger partial charge in [-0.1, -0.05) is 29.3 Å². The van der Waals surface area contributed by atoms with Gasteiger partial charge < -0.3 is 14.2 Å².